The molecule has 9 nitrogen and oxygen atoms in total. The summed E-state index contributed by atoms with van der Waals surface area (Å²) in [7, 11) is -4.06. The van der Waals surface area contributed by atoms with Gasteiger partial charge in [-0.2, -0.15) is 0 Å². The van der Waals surface area contributed by atoms with Crippen LogP contribution in [0.4, 0.5) is 5.69 Å². The minimum absolute atomic E-state index is 0.00561. The Morgan fingerprint density at radius 3 is 2.27 bits per heavy atom. The van der Waals surface area contributed by atoms with Gasteiger partial charge in [-0.25, -0.2) is 8.42 Å². The average Bonchev–Trinajstić information content (AvgIpc) is 2.97. The van der Waals surface area contributed by atoms with E-state index in [0.717, 1.165) is 57.8 Å². The number of sulfonamides is 1. The van der Waals surface area contributed by atoms with Gasteiger partial charge in [0.1, 0.15) is 4.90 Å². The summed E-state index contributed by atoms with van der Waals surface area (Å²) in [4.78, 5) is 14.4. The highest BCUT2D eigenvalue weighted by Gasteiger charge is 2.25. The van der Waals surface area contributed by atoms with Crippen LogP contribution in [0.5, 0.6) is 0 Å². The lowest BCUT2D eigenvalue weighted by Gasteiger charge is -2.25. The first-order chi connectivity index (χ1) is 14.4. The SMILES string of the molecule is O=[N+]([O-])/C=C(\NC1CCCCC1)NS(=O)(=O)c1cnccc1NC1CCCCCC1. The smallest absolute Gasteiger partial charge is 0.275 e. The molecule has 0 bridgehead atoms. The topological polar surface area (TPSA) is 126 Å². The van der Waals surface area contributed by atoms with Crippen LogP contribution in [0.1, 0.15) is 70.6 Å². The molecule has 0 aliphatic heterocycles. The molecule has 1 aromatic heterocycles. The normalized spacial score (nSPS) is 19.7. The first-order valence-corrected chi connectivity index (χ1v) is 12.3. The molecule has 0 radical (unpaired) electrons. The number of aromatic nitrogens is 1. The lowest BCUT2D eigenvalue weighted by atomic mass is 9.96. The van der Waals surface area contributed by atoms with Gasteiger partial charge in [-0.1, -0.05) is 44.9 Å². The number of rotatable bonds is 8. The summed E-state index contributed by atoms with van der Waals surface area (Å²) in [6, 6.07) is 1.87. The van der Waals surface area contributed by atoms with Gasteiger partial charge in [0.2, 0.25) is 0 Å². The second-order valence-corrected chi connectivity index (χ2v) is 9.77. The van der Waals surface area contributed by atoms with E-state index >= 15 is 0 Å². The molecule has 30 heavy (non-hydrogen) atoms. The third-order valence-corrected chi connectivity index (χ3v) is 7.13. The molecule has 2 saturated carbocycles. The summed E-state index contributed by atoms with van der Waals surface area (Å²) in [5, 5.41) is 17.4. The van der Waals surface area contributed by atoms with Crippen LogP contribution < -0.4 is 15.4 Å². The summed E-state index contributed by atoms with van der Waals surface area (Å²) in [5.41, 5.74) is 0.475. The zero-order valence-electron chi connectivity index (χ0n) is 17.2. The number of pyridine rings is 1. The highest BCUT2D eigenvalue weighted by atomic mass is 32.2. The highest BCUT2D eigenvalue weighted by Crippen LogP contribution is 2.26. The zero-order chi connectivity index (χ0) is 21.4. The van der Waals surface area contributed by atoms with E-state index < -0.39 is 14.9 Å². The lowest BCUT2D eigenvalue weighted by Crippen LogP contribution is -2.39. The van der Waals surface area contributed by atoms with E-state index in [2.05, 4.69) is 20.3 Å². The molecule has 2 aliphatic rings. The molecule has 0 aromatic carbocycles. The fourth-order valence-electron chi connectivity index (χ4n) is 4.22. The zero-order valence-corrected chi connectivity index (χ0v) is 18.0. The Labute approximate surface area is 177 Å². The van der Waals surface area contributed by atoms with Crippen LogP contribution in [0.2, 0.25) is 0 Å². The lowest BCUT2D eigenvalue weighted by molar-refractivity contribution is -0.404. The van der Waals surface area contributed by atoms with E-state index in [1.165, 1.54) is 19.0 Å². The molecular formula is C20H31N5O4S. The predicted molar refractivity (Wildman–Crippen MR) is 115 cm³/mol. The maximum Gasteiger partial charge on any atom is 0.275 e. The predicted octanol–water partition coefficient (Wildman–Crippen LogP) is 3.49. The Morgan fingerprint density at radius 2 is 1.63 bits per heavy atom. The summed E-state index contributed by atoms with van der Waals surface area (Å²) < 4.78 is 28.6. The van der Waals surface area contributed by atoms with Crippen molar-refractivity contribution in [1.29, 1.82) is 0 Å². The van der Waals surface area contributed by atoms with Crippen LogP contribution in [-0.2, 0) is 10.0 Å². The quantitative estimate of drug-likeness (QED) is 0.323. The van der Waals surface area contributed by atoms with Gasteiger partial charge in [0, 0.05) is 24.5 Å². The first kappa shape index (κ1) is 22.3. The standard InChI is InChI=1S/C20H31N5O4S/c26-25(27)15-20(23-17-10-6-3-7-11-17)24-30(28,29)19-14-21-13-12-18(19)22-16-8-4-1-2-5-9-16/h12-17,23-24H,1-11H2,(H,21,22)/b20-15+. The van der Waals surface area contributed by atoms with E-state index in [1.807, 2.05) is 0 Å². The largest absolute Gasteiger partial charge is 0.381 e. The fourth-order valence-corrected chi connectivity index (χ4v) is 5.35. The Hall–Kier alpha value is -2.36. The van der Waals surface area contributed by atoms with Crippen LogP contribution in [0.25, 0.3) is 0 Å². The molecule has 0 spiro atoms. The number of nitro groups is 1. The minimum Gasteiger partial charge on any atom is -0.381 e. The van der Waals surface area contributed by atoms with Crippen molar-refractivity contribution < 1.29 is 13.3 Å². The van der Waals surface area contributed by atoms with Gasteiger partial charge >= 0.3 is 0 Å². The monoisotopic (exact) mass is 437 g/mol. The molecule has 2 fully saturated rings. The van der Waals surface area contributed by atoms with Gasteiger partial charge in [-0.05, 0) is 31.7 Å². The van der Waals surface area contributed by atoms with Gasteiger partial charge in [-0.3, -0.25) is 19.8 Å². The third-order valence-electron chi connectivity index (χ3n) is 5.73. The van der Waals surface area contributed by atoms with Gasteiger partial charge in [0.25, 0.3) is 16.2 Å². The van der Waals surface area contributed by atoms with E-state index in [9.17, 15) is 18.5 Å². The summed E-state index contributed by atoms with van der Waals surface area (Å²) >= 11 is 0. The molecule has 0 saturated heterocycles. The van der Waals surface area contributed by atoms with Crippen LogP contribution in [0.15, 0.2) is 35.4 Å². The molecule has 10 heteroatoms. The van der Waals surface area contributed by atoms with E-state index in [-0.39, 0.29) is 22.8 Å². The Bertz CT molecular complexity index is 845. The molecule has 2 aliphatic carbocycles. The maximum absolute atomic E-state index is 13.1. The van der Waals surface area contributed by atoms with Crippen molar-refractivity contribution in [2.24, 2.45) is 0 Å². The molecule has 1 heterocycles. The number of hydrogen-bond donors (Lipinski definition) is 3. The van der Waals surface area contributed by atoms with Crippen LogP contribution in [0.3, 0.4) is 0 Å². The van der Waals surface area contributed by atoms with Crippen molar-refractivity contribution in [3.8, 4) is 0 Å². The molecule has 3 N–H and O–H groups in total. The molecule has 0 atom stereocenters. The van der Waals surface area contributed by atoms with Gasteiger partial charge in [-0.15, -0.1) is 0 Å². The highest BCUT2D eigenvalue weighted by molar-refractivity contribution is 7.89. The molecule has 1 aromatic rings. The fraction of sp³-hybridized carbons (Fsp3) is 0.650. The van der Waals surface area contributed by atoms with Crippen molar-refractivity contribution in [3.63, 3.8) is 0 Å². The number of nitrogens with one attached hydrogen (secondary N) is 3. The van der Waals surface area contributed by atoms with Crippen LogP contribution in [0, 0.1) is 10.1 Å². The van der Waals surface area contributed by atoms with Crippen molar-refractivity contribution >= 4 is 15.7 Å². The summed E-state index contributed by atoms with van der Waals surface area (Å²) in [6.07, 6.45) is 15.0. The molecule has 3 rings (SSSR count). The van der Waals surface area contributed by atoms with Gasteiger partial charge in [0.05, 0.1) is 10.6 Å². The van der Waals surface area contributed by atoms with Gasteiger partial charge in [0.15, 0.2) is 5.82 Å². The number of hydrogen-bond acceptors (Lipinski definition) is 7. The van der Waals surface area contributed by atoms with Crippen molar-refractivity contribution in [1.82, 2.24) is 15.0 Å². The van der Waals surface area contributed by atoms with Crippen LogP contribution >= 0.6 is 0 Å². The third kappa shape index (κ3) is 6.58. The van der Waals surface area contributed by atoms with E-state index in [0.29, 0.717) is 11.9 Å². The van der Waals surface area contributed by atoms with E-state index in [1.54, 1.807) is 12.3 Å². The van der Waals surface area contributed by atoms with Crippen LogP contribution in [-0.4, -0.2) is 30.4 Å². The second kappa shape index (κ2) is 10.6. The van der Waals surface area contributed by atoms with Crippen molar-refractivity contribution in [3.05, 3.63) is 40.6 Å². The minimum atomic E-state index is -4.06. The summed E-state index contributed by atoms with van der Waals surface area (Å²) in [6.45, 7) is 0. The molecular weight excluding hydrogens is 406 g/mol. The summed E-state index contributed by atoms with van der Waals surface area (Å²) in [5.74, 6) is -0.115. The first-order valence-electron chi connectivity index (χ1n) is 10.8. The van der Waals surface area contributed by atoms with Gasteiger partial charge < -0.3 is 10.6 Å². The average molecular weight is 438 g/mol. The maximum atomic E-state index is 13.1. The second-order valence-electron chi connectivity index (χ2n) is 8.12. The Morgan fingerprint density at radius 1 is 1.03 bits per heavy atom. The molecule has 0 amide bonds. The Balaban J connectivity index is 1.78. The molecule has 0 unspecified atom stereocenters. The number of nitrogens with zero attached hydrogens (tertiary/aromatic N) is 2. The Kier molecular flexibility index (Phi) is 7.89. The van der Waals surface area contributed by atoms with E-state index in [4.69, 9.17) is 0 Å². The van der Waals surface area contributed by atoms with Crippen molar-refractivity contribution in [2.45, 2.75) is 87.6 Å². The number of anilines is 1. The molecule has 166 valence electrons. The van der Waals surface area contributed by atoms with Crippen molar-refractivity contribution in [2.75, 3.05) is 5.32 Å².